The predicted octanol–water partition coefficient (Wildman–Crippen LogP) is 3.62. The zero-order valence-electron chi connectivity index (χ0n) is 14.6. The van der Waals surface area contributed by atoms with E-state index in [1.807, 2.05) is 11.8 Å². The van der Waals surface area contributed by atoms with Crippen LogP contribution in [0, 0.1) is 0 Å². The van der Waals surface area contributed by atoms with E-state index in [-0.39, 0.29) is 0 Å². The van der Waals surface area contributed by atoms with Crippen LogP contribution in [0.4, 0.5) is 0 Å². The molecule has 0 radical (unpaired) electrons. The number of nitrogens with zero attached hydrogens (tertiary/aromatic N) is 2. The molecule has 1 aromatic rings. The second kappa shape index (κ2) is 7.11. The maximum absolute atomic E-state index is 5.97. The normalized spacial score (nSPS) is 32.6. The summed E-state index contributed by atoms with van der Waals surface area (Å²) in [5, 5.41) is 0. The van der Waals surface area contributed by atoms with Gasteiger partial charge in [-0.15, -0.1) is 11.8 Å². The molecule has 0 N–H and O–H groups in total. The van der Waals surface area contributed by atoms with Crippen LogP contribution in [-0.2, 0) is 4.74 Å². The lowest BCUT2D eigenvalue weighted by atomic mass is 10.1. The van der Waals surface area contributed by atoms with Crippen molar-refractivity contribution in [2.45, 2.75) is 48.8 Å². The van der Waals surface area contributed by atoms with Crippen LogP contribution < -0.4 is 0 Å². The first-order valence-electron chi connectivity index (χ1n) is 9.23. The lowest BCUT2D eigenvalue weighted by molar-refractivity contribution is -0.0391. The number of ether oxygens (including phenoxy) is 1. The van der Waals surface area contributed by atoms with Crippen molar-refractivity contribution in [1.82, 2.24) is 9.80 Å². The largest absolute Gasteiger partial charge is 0.372 e. The molecule has 0 amide bonds. The van der Waals surface area contributed by atoms with Gasteiger partial charge in [0.15, 0.2) is 0 Å². The van der Waals surface area contributed by atoms with Gasteiger partial charge in [0.25, 0.3) is 0 Å². The number of morpholine rings is 1. The molecular weight excluding hydrogens is 316 g/mol. The molecule has 4 rings (SSSR count). The van der Waals surface area contributed by atoms with Crippen molar-refractivity contribution in [3.63, 3.8) is 0 Å². The van der Waals surface area contributed by atoms with Gasteiger partial charge in [0.1, 0.15) is 0 Å². The summed E-state index contributed by atoms with van der Waals surface area (Å²) < 4.78 is 5.97. The number of rotatable bonds is 7. The minimum Gasteiger partial charge on any atom is -0.372 e. The standard InChI is InChI=1S/C20H28N2OS/c1-2-11-22-15-20(22,16-24-19-6-4-3-5-7-19)10-12-21-13-17-8-9-18(14-21)23-17/h2-7,11,17-18H,8-10,12-16H2,1H3/b11-2+. The van der Waals surface area contributed by atoms with Crippen LogP contribution in [0.15, 0.2) is 47.5 Å². The van der Waals surface area contributed by atoms with Crippen LogP contribution in [0.3, 0.4) is 0 Å². The fraction of sp³-hybridized carbons (Fsp3) is 0.600. The minimum atomic E-state index is 0.352. The van der Waals surface area contributed by atoms with E-state index in [1.54, 1.807) is 0 Å². The Hall–Kier alpha value is -0.970. The predicted molar refractivity (Wildman–Crippen MR) is 100 cm³/mol. The second-order valence-corrected chi connectivity index (χ2v) is 8.45. The number of hydrogen-bond donors (Lipinski definition) is 0. The second-order valence-electron chi connectivity index (χ2n) is 7.40. The molecule has 3 fully saturated rings. The van der Waals surface area contributed by atoms with Crippen LogP contribution in [0.2, 0.25) is 0 Å². The van der Waals surface area contributed by atoms with Crippen molar-refractivity contribution in [2.75, 3.05) is 31.9 Å². The lowest BCUT2D eigenvalue weighted by Crippen LogP contribution is -2.44. The molecule has 3 heterocycles. The monoisotopic (exact) mass is 344 g/mol. The number of allylic oxidation sites excluding steroid dienone is 1. The highest BCUT2D eigenvalue weighted by Crippen LogP contribution is 2.41. The van der Waals surface area contributed by atoms with Crippen molar-refractivity contribution in [2.24, 2.45) is 0 Å². The van der Waals surface area contributed by atoms with Gasteiger partial charge < -0.3 is 9.64 Å². The smallest absolute Gasteiger partial charge is 0.0707 e. The fourth-order valence-electron chi connectivity index (χ4n) is 4.08. The van der Waals surface area contributed by atoms with Crippen LogP contribution in [0.1, 0.15) is 26.2 Å². The van der Waals surface area contributed by atoms with Gasteiger partial charge in [0.05, 0.1) is 17.7 Å². The first kappa shape index (κ1) is 16.5. The summed E-state index contributed by atoms with van der Waals surface area (Å²) in [7, 11) is 0. The van der Waals surface area contributed by atoms with Gasteiger partial charge in [-0.2, -0.15) is 0 Å². The lowest BCUT2D eigenvalue weighted by Gasteiger charge is -2.33. The molecule has 3 saturated heterocycles. The first-order valence-corrected chi connectivity index (χ1v) is 10.2. The van der Waals surface area contributed by atoms with E-state index >= 15 is 0 Å². The molecule has 1 aromatic carbocycles. The summed E-state index contributed by atoms with van der Waals surface area (Å²) in [6.07, 6.45) is 9.24. The maximum atomic E-state index is 5.97. The van der Waals surface area contributed by atoms with E-state index in [0.29, 0.717) is 17.7 Å². The highest BCUT2D eigenvalue weighted by molar-refractivity contribution is 7.99. The average Bonchev–Trinajstić information content (AvgIpc) is 3.19. The van der Waals surface area contributed by atoms with Crippen LogP contribution in [0.5, 0.6) is 0 Å². The van der Waals surface area contributed by atoms with Crippen molar-refractivity contribution in [1.29, 1.82) is 0 Å². The molecule has 4 heteroatoms. The molecule has 2 bridgehead atoms. The number of likely N-dealkylation sites (tertiary alicyclic amines) is 1. The number of benzene rings is 1. The third kappa shape index (κ3) is 3.66. The van der Waals surface area contributed by atoms with Crippen molar-refractivity contribution in [3.8, 4) is 0 Å². The van der Waals surface area contributed by atoms with Gasteiger partial charge in [-0.25, -0.2) is 0 Å². The highest BCUT2D eigenvalue weighted by Gasteiger charge is 2.49. The van der Waals surface area contributed by atoms with Crippen LogP contribution in [0.25, 0.3) is 0 Å². The van der Waals surface area contributed by atoms with Crippen molar-refractivity contribution in [3.05, 3.63) is 42.6 Å². The molecule has 0 aromatic heterocycles. The molecule has 0 aliphatic carbocycles. The Kier molecular flexibility index (Phi) is 4.88. The molecule has 3 atom stereocenters. The van der Waals surface area contributed by atoms with Gasteiger partial charge >= 0.3 is 0 Å². The first-order chi connectivity index (χ1) is 11.8. The van der Waals surface area contributed by atoms with Crippen LogP contribution in [-0.4, -0.2) is 59.5 Å². The van der Waals surface area contributed by atoms with E-state index < -0.39 is 0 Å². The van der Waals surface area contributed by atoms with Gasteiger partial charge in [0, 0.05) is 36.8 Å². The Balaban J connectivity index is 1.33. The van der Waals surface area contributed by atoms with E-state index in [4.69, 9.17) is 4.74 Å². The zero-order valence-corrected chi connectivity index (χ0v) is 15.4. The van der Waals surface area contributed by atoms with Gasteiger partial charge in [-0.1, -0.05) is 24.3 Å². The molecule has 3 aliphatic rings. The molecule has 3 aliphatic heterocycles. The Morgan fingerprint density at radius 3 is 2.67 bits per heavy atom. The molecule has 0 spiro atoms. The highest BCUT2D eigenvalue weighted by atomic mass is 32.2. The minimum absolute atomic E-state index is 0.352. The third-order valence-corrected chi connectivity index (χ3v) is 6.85. The molecule has 24 heavy (non-hydrogen) atoms. The van der Waals surface area contributed by atoms with Crippen LogP contribution >= 0.6 is 11.8 Å². The maximum Gasteiger partial charge on any atom is 0.0707 e. The molecule has 3 unspecified atom stereocenters. The van der Waals surface area contributed by atoms with E-state index in [1.165, 1.54) is 43.0 Å². The third-order valence-electron chi connectivity index (χ3n) is 5.56. The van der Waals surface area contributed by atoms with Gasteiger partial charge in [-0.05, 0) is 44.5 Å². The van der Waals surface area contributed by atoms with Crippen molar-refractivity contribution < 1.29 is 4.74 Å². The Labute approximate surface area is 150 Å². The number of hydrogen-bond acceptors (Lipinski definition) is 4. The number of fused-ring (bicyclic) bond motifs is 2. The quantitative estimate of drug-likeness (QED) is 0.554. The SMILES string of the molecule is C/C=C/N1CC1(CCN1CC2CCC(C1)O2)CSc1ccccc1. The Bertz CT molecular complexity index is 566. The summed E-state index contributed by atoms with van der Waals surface area (Å²) in [5.41, 5.74) is 0.352. The van der Waals surface area contributed by atoms with E-state index in [2.05, 4.69) is 59.3 Å². The Morgan fingerprint density at radius 1 is 1.21 bits per heavy atom. The number of thioether (sulfide) groups is 1. The molecule has 130 valence electrons. The summed E-state index contributed by atoms with van der Waals surface area (Å²) in [5.74, 6) is 1.18. The molecule has 3 nitrogen and oxygen atoms in total. The van der Waals surface area contributed by atoms with E-state index in [9.17, 15) is 0 Å². The van der Waals surface area contributed by atoms with E-state index in [0.717, 1.165) is 13.1 Å². The fourth-order valence-corrected chi connectivity index (χ4v) is 5.26. The topological polar surface area (TPSA) is 15.5 Å². The molecular formula is C20H28N2OS. The van der Waals surface area contributed by atoms with Gasteiger partial charge in [-0.3, -0.25) is 4.90 Å². The Morgan fingerprint density at radius 2 is 1.96 bits per heavy atom. The average molecular weight is 345 g/mol. The zero-order chi connectivity index (χ0) is 16.4. The summed E-state index contributed by atoms with van der Waals surface area (Å²) in [6.45, 7) is 6.81. The molecule has 0 saturated carbocycles. The summed E-state index contributed by atoms with van der Waals surface area (Å²) in [4.78, 5) is 6.55. The van der Waals surface area contributed by atoms with Gasteiger partial charge in [0.2, 0.25) is 0 Å². The summed E-state index contributed by atoms with van der Waals surface area (Å²) in [6, 6.07) is 10.8. The van der Waals surface area contributed by atoms with Crippen molar-refractivity contribution >= 4 is 11.8 Å². The summed E-state index contributed by atoms with van der Waals surface area (Å²) >= 11 is 2.00.